The molecule has 2 aliphatic heterocycles. The quantitative estimate of drug-likeness (QED) is 0.0122. The molecule has 0 spiro atoms. The number of benzene rings is 6. The minimum Gasteiger partial charge on any atom is -0.743 e. The first-order valence-corrected chi connectivity index (χ1v) is 40.4. The fourth-order valence-corrected chi connectivity index (χ4v) is 22.8. The van der Waals surface area contributed by atoms with Crippen molar-refractivity contribution in [1.82, 2.24) is 0 Å². The van der Waals surface area contributed by atoms with Gasteiger partial charge in [0.15, 0.2) is 70.4 Å². The van der Waals surface area contributed by atoms with Crippen LogP contribution in [0.5, 0.6) is 11.5 Å². The Kier molecular flexibility index (Phi) is 23.9. The molecule has 23 nitrogen and oxygen atoms in total. The predicted molar refractivity (Wildman–Crippen MR) is 373 cm³/mol. The van der Waals surface area contributed by atoms with E-state index in [9.17, 15) is 68.3 Å². The van der Waals surface area contributed by atoms with Gasteiger partial charge in [0.2, 0.25) is 11.6 Å². The first kappa shape index (κ1) is 78.3. The first-order valence-electron chi connectivity index (χ1n) is 33.6. The molecule has 2 saturated heterocycles. The van der Waals surface area contributed by atoms with Crippen LogP contribution in [0.1, 0.15) is 107 Å². The van der Waals surface area contributed by atoms with Crippen molar-refractivity contribution < 1.29 is 94.6 Å². The average molecular weight is 1530 g/mol. The Morgan fingerprint density at radius 1 is 0.558 bits per heavy atom. The Morgan fingerprint density at radius 2 is 0.885 bits per heavy atom. The van der Waals surface area contributed by atoms with Crippen LogP contribution in [0.3, 0.4) is 0 Å². The van der Waals surface area contributed by atoms with Crippen molar-refractivity contribution in [3.63, 3.8) is 0 Å². The Morgan fingerprint density at radius 3 is 1.18 bits per heavy atom. The van der Waals surface area contributed by atoms with Gasteiger partial charge in [-0.3, -0.25) is 9.59 Å². The summed E-state index contributed by atoms with van der Waals surface area (Å²) in [5.41, 5.74) is 0.578. The highest BCUT2D eigenvalue weighted by molar-refractivity contribution is 7.97. The zero-order valence-corrected chi connectivity index (χ0v) is 62.1. The molecule has 0 N–H and O–H groups in total. The van der Waals surface area contributed by atoms with Crippen molar-refractivity contribution in [3.8, 4) is 23.6 Å². The molecule has 6 fully saturated rings. The van der Waals surface area contributed by atoms with Gasteiger partial charge in [0.05, 0.1) is 51.0 Å². The molecule has 4 saturated carbocycles. The van der Waals surface area contributed by atoms with E-state index in [-0.39, 0.29) is 84.5 Å². The maximum Gasteiger partial charge on any atom is 0.367 e. The van der Waals surface area contributed by atoms with Crippen LogP contribution in [-0.2, 0) is 98.6 Å². The van der Waals surface area contributed by atoms with Gasteiger partial charge < -0.3 is 33.0 Å². The van der Waals surface area contributed by atoms with E-state index >= 15 is 0 Å². The van der Waals surface area contributed by atoms with Crippen molar-refractivity contribution in [2.24, 2.45) is 33.9 Å². The van der Waals surface area contributed by atoms with E-state index in [0.717, 1.165) is 35.1 Å². The SMILES string of the molecule is CCOC(=O)CCC(C)(C#N)N=NC(C)(C#N)CCC(=O)OCC(F)(F)S(=O)(=O)[O-].Cc1cc([S+](c2ccccc2)c2ccccc2)cc(C)c1OCC(=O)OC12CC3CC1C(C3)S(=O)(=O)O2.Cc1cc([S+](c2ccccc2)c2ccccc2)cc(C)c1OCC(=O)OC12CC3CC1C(C3)S(=O)(=O)O2. The van der Waals surface area contributed by atoms with Gasteiger partial charge in [0, 0.05) is 61.8 Å². The number of alkyl halides is 2. The average Bonchev–Trinajstić information content (AvgIpc) is 1.55. The maximum atomic E-state index is 13.0. The summed E-state index contributed by atoms with van der Waals surface area (Å²) in [6, 6.07) is 53.7. The molecule has 10 atom stereocenters. The fourth-order valence-electron chi connectivity index (χ4n) is 14.2. The number of carbonyl (C=O) groups is 4. The number of carbonyl (C=O) groups excluding carboxylic acids is 4. The van der Waals surface area contributed by atoms with E-state index in [1.54, 1.807) is 13.0 Å². The van der Waals surface area contributed by atoms with Crippen LogP contribution in [-0.4, -0.2) is 119 Å². The third-order valence-corrected chi connectivity index (χ3v) is 27.7. The summed E-state index contributed by atoms with van der Waals surface area (Å²) in [5.74, 6) is -4.59. The molecule has 0 radical (unpaired) electrons. The van der Waals surface area contributed by atoms with Crippen molar-refractivity contribution >= 4 is 76.0 Å². The van der Waals surface area contributed by atoms with Crippen LogP contribution in [0, 0.1) is 74.0 Å². The molecule has 2 heterocycles. The van der Waals surface area contributed by atoms with Crippen molar-refractivity contribution in [2.75, 3.05) is 26.4 Å². The van der Waals surface area contributed by atoms with Crippen LogP contribution in [0.25, 0.3) is 0 Å². The van der Waals surface area contributed by atoms with Gasteiger partial charge in [-0.1, -0.05) is 72.8 Å². The lowest BCUT2D eigenvalue weighted by atomic mass is 9.94. The summed E-state index contributed by atoms with van der Waals surface area (Å²) in [6.07, 6.45) is 2.37. The molecule has 4 bridgehead atoms. The zero-order valence-electron chi connectivity index (χ0n) is 58.1. The third-order valence-electron chi connectivity index (χ3n) is 18.9. The molecule has 6 aliphatic rings. The third kappa shape index (κ3) is 17.8. The van der Waals surface area contributed by atoms with Crippen LogP contribution in [0.2, 0.25) is 0 Å². The number of azo groups is 1. The summed E-state index contributed by atoms with van der Waals surface area (Å²) in [4.78, 5) is 55.8. The molecule has 10 unspecified atom stereocenters. The zero-order chi connectivity index (χ0) is 75.2. The number of aryl methyl sites for hydroxylation is 4. The topological polar surface area (TPSA) is 340 Å². The second kappa shape index (κ2) is 31.8. The second-order valence-corrected chi connectivity index (χ2v) is 35.9. The number of halogens is 2. The summed E-state index contributed by atoms with van der Waals surface area (Å²) < 4.78 is 149. The number of ether oxygens (including phenoxy) is 6. The molecule has 12 rings (SSSR count). The van der Waals surface area contributed by atoms with E-state index in [1.165, 1.54) is 43.2 Å². The lowest BCUT2D eigenvalue weighted by Gasteiger charge is -2.29. The van der Waals surface area contributed by atoms with Gasteiger partial charge in [0.25, 0.3) is 20.2 Å². The van der Waals surface area contributed by atoms with E-state index < -0.39 is 106 Å². The normalized spacial score (nSPS) is 23.8. The molecule has 552 valence electrons. The second-order valence-electron chi connectivity index (χ2n) is 26.8. The van der Waals surface area contributed by atoms with Gasteiger partial charge >= 0.3 is 29.1 Å². The number of nitriles is 2. The molecule has 6 aromatic rings. The molecule has 104 heavy (non-hydrogen) atoms. The number of fused-ring (bicyclic) bond motifs is 2. The molecule has 0 amide bonds. The number of rotatable bonds is 26. The van der Waals surface area contributed by atoms with Gasteiger partial charge in [0.1, 0.15) is 11.5 Å². The standard InChI is InChI=1S/2C29H29O6S2.C16H22F2N4O7S/c2*1-19-13-24(36(22-9-5-3-6-10-22)23-11-7-4-8-12-23)14-20(2)28(19)33-18-27(30)34-29-17-21-15-25(29)26(16-21)37(31,32)35-29;1-4-28-12(23)5-7-14(2,9-19)21-22-15(3,10-20)8-6-13(24)29-11-16(17,18)30(25,26)27/h2*3-14,21,25-26H,15-18H2,1-2H3;4-8,11H2,1-3H3,(H,25,26,27)/q2*+1;/p-1. The number of hydrogen-bond acceptors (Lipinski definition) is 23. The summed E-state index contributed by atoms with van der Waals surface area (Å²) in [6.45, 7) is 9.72. The van der Waals surface area contributed by atoms with Crippen LogP contribution >= 0.6 is 0 Å². The minimum absolute atomic E-state index is 0.0475. The first-order chi connectivity index (χ1) is 49.1. The monoisotopic (exact) mass is 1530 g/mol. The summed E-state index contributed by atoms with van der Waals surface area (Å²) in [5, 5.41) is 20.2. The van der Waals surface area contributed by atoms with Crippen molar-refractivity contribution in [1.29, 1.82) is 10.5 Å². The molecular weight excluding hydrogens is 1450 g/mol. The molecule has 4 aliphatic carbocycles. The molecule has 6 aromatic carbocycles. The van der Waals surface area contributed by atoms with Crippen molar-refractivity contribution in [2.45, 2.75) is 180 Å². The smallest absolute Gasteiger partial charge is 0.367 e. The molecular formula is C74H79F2N4O19S5+. The molecule has 0 aromatic heterocycles. The van der Waals surface area contributed by atoms with Gasteiger partial charge in [-0.05, 0) is 170 Å². The Balaban J connectivity index is 0.000000169. The van der Waals surface area contributed by atoms with Crippen LogP contribution in [0.4, 0.5) is 8.78 Å². The Labute approximate surface area is 609 Å². The molecule has 30 heteroatoms. The number of nitrogens with zero attached hydrogens (tertiary/aromatic N) is 4. The highest BCUT2D eigenvalue weighted by Gasteiger charge is 2.71. The van der Waals surface area contributed by atoms with E-state index in [1.807, 2.05) is 58.0 Å². The van der Waals surface area contributed by atoms with E-state index in [0.29, 0.717) is 37.2 Å². The van der Waals surface area contributed by atoms with E-state index in [2.05, 4.69) is 136 Å². The van der Waals surface area contributed by atoms with Gasteiger partial charge in [-0.25, -0.2) is 26.4 Å². The number of esters is 4. The lowest BCUT2D eigenvalue weighted by Crippen LogP contribution is -2.41. The van der Waals surface area contributed by atoms with Gasteiger partial charge in [-0.15, -0.1) is 0 Å². The predicted octanol–water partition coefficient (Wildman–Crippen LogP) is 12.2. The van der Waals surface area contributed by atoms with Crippen LogP contribution < -0.4 is 9.47 Å². The fraction of sp³-hybridized carbons (Fsp3) is 0.432. The Hall–Kier alpha value is -8.33. The lowest BCUT2D eigenvalue weighted by molar-refractivity contribution is -0.207. The minimum atomic E-state index is -6.00. The highest BCUT2D eigenvalue weighted by Crippen LogP contribution is 2.62. The highest BCUT2D eigenvalue weighted by atomic mass is 32.2. The summed E-state index contributed by atoms with van der Waals surface area (Å²) >= 11 is 0. The van der Waals surface area contributed by atoms with Crippen molar-refractivity contribution in [3.05, 3.63) is 168 Å². The number of hydrogen-bond donors (Lipinski definition) is 0. The largest absolute Gasteiger partial charge is 0.743 e. The van der Waals surface area contributed by atoms with Gasteiger partial charge in [-0.2, -0.15) is 46.4 Å². The Bertz CT molecular complexity index is 4300. The maximum absolute atomic E-state index is 13.0. The summed E-state index contributed by atoms with van der Waals surface area (Å²) in [7, 11) is -14.0. The van der Waals surface area contributed by atoms with E-state index in [4.69, 9.17) is 32.1 Å². The van der Waals surface area contributed by atoms with Crippen LogP contribution in [0.15, 0.2) is 185 Å².